The van der Waals surface area contributed by atoms with Crippen LogP contribution < -0.4 is 0 Å². The first-order chi connectivity index (χ1) is 18.5. The minimum atomic E-state index is -1.23. The summed E-state index contributed by atoms with van der Waals surface area (Å²) in [4.78, 5) is 0. The fourth-order valence-corrected chi connectivity index (χ4v) is 10.1. The first-order valence-electron chi connectivity index (χ1n) is 16.2. The van der Waals surface area contributed by atoms with Crippen LogP contribution in [-0.4, -0.2) is 52.6 Å². The molecule has 0 radical (unpaired) electrons. The minimum Gasteiger partial charge on any atom is -0.388 e. The number of allylic oxidation sites excluding steroid dienone is 3. The van der Waals surface area contributed by atoms with Crippen LogP contribution in [0.5, 0.6) is 0 Å². The van der Waals surface area contributed by atoms with Crippen LogP contribution >= 0.6 is 0 Å². The molecule has 13 unspecified atom stereocenters. The van der Waals surface area contributed by atoms with Crippen molar-refractivity contribution in [2.24, 2.45) is 52.3 Å². The molecule has 1 heterocycles. The molecule has 0 aromatic rings. The monoisotopic (exact) mass is 544 g/mol. The molecule has 222 valence electrons. The lowest BCUT2D eigenvalue weighted by molar-refractivity contribution is -0.282. The molecule has 3 saturated carbocycles. The maximum absolute atomic E-state index is 10.5. The lowest BCUT2D eigenvalue weighted by atomic mass is 9.47. The van der Waals surface area contributed by atoms with E-state index in [0.717, 1.165) is 37.0 Å². The van der Waals surface area contributed by atoms with Gasteiger partial charge < -0.3 is 24.8 Å². The van der Waals surface area contributed by atoms with Crippen molar-refractivity contribution < 1.29 is 24.8 Å². The van der Waals surface area contributed by atoms with Gasteiger partial charge in [0.05, 0.1) is 12.7 Å². The lowest BCUT2D eigenvalue weighted by Crippen LogP contribution is -2.56. The number of rotatable bonds is 7. The van der Waals surface area contributed by atoms with Crippen LogP contribution in [0.25, 0.3) is 0 Å². The summed E-state index contributed by atoms with van der Waals surface area (Å²) in [6.07, 6.45) is 14.0. The highest BCUT2D eigenvalue weighted by Gasteiger charge is 2.59. The number of hydrogen-bond acceptors (Lipinski definition) is 5. The van der Waals surface area contributed by atoms with Crippen molar-refractivity contribution in [2.45, 2.75) is 130 Å². The van der Waals surface area contributed by atoms with Crippen LogP contribution in [0.1, 0.15) is 99.3 Å². The van der Waals surface area contributed by atoms with Gasteiger partial charge in [-0.05, 0) is 116 Å². The van der Waals surface area contributed by atoms with E-state index in [2.05, 4.69) is 59.8 Å². The molecule has 5 heteroatoms. The zero-order valence-electron chi connectivity index (χ0n) is 25.4. The predicted molar refractivity (Wildman–Crippen MR) is 155 cm³/mol. The second-order valence-corrected chi connectivity index (χ2v) is 14.7. The third-order valence-corrected chi connectivity index (χ3v) is 12.5. The third-order valence-electron chi connectivity index (χ3n) is 12.5. The standard InChI is InChI=1S/C34H56O5/c1-7-22(20(2)3)11-10-21(4)24-14-15-25-23-12-13-27-29(39-32-31(37)30(36)28(35)19-38-32)9-8-17-33(27,5)26(23)16-18-34(24,25)6/h10-11,13,20-26,28-32,35-37H,7-9,12,14-19H2,1-6H3. The molecule has 5 rings (SSSR count). The van der Waals surface area contributed by atoms with Crippen LogP contribution in [0.15, 0.2) is 23.8 Å². The van der Waals surface area contributed by atoms with E-state index >= 15 is 0 Å². The predicted octanol–water partition coefficient (Wildman–Crippen LogP) is 6.26. The topological polar surface area (TPSA) is 79.2 Å². The van der Waals surface area contributed by atoms with Gasteiger partial charge in [-0.3, -0.25) is 0 Å². The van der Waals surface area contributed by atoms with E-state index < -0.39 is 24.6 Å². The summed E-state index contributed by atoms with van der Waals surface area (Å²) in [5.74, 6) is 5.02. The molecule has 1 aliphatic heterocycles. The van der Waals surface area contributed by atoms with Gasteiger partial charge in [-0.2, -0.15) is 0 Å². The highest BCUT2D eigenvalue weighted by Crippen LogP contribution is 2.67. The average molecular weight is 545 g/mol. The molecule has 5 nitrogen and oxygen atoms in total. The van der Waals surface area contributed by atoms with Gasteiger partial charge in [0.15, 0.2) is 6.29 Å². The Morgan fingerprint density at radius 3 is 2.49 bits per heavy atom. The summed E-state index contributed by atoms with van der Waals surface area (Å²) in [6, 6.07) is 0. The fourth-order valence-electron chi connectivity index (χ4n) is 10.1. The molecule has 0 spiro atoms. The first kappa shape index (κ1) is 29.8. The van der Waals surface area contributed by atoms with Crippen molar-refractivity contribution in [3.63, 3.8) is 0 Å². The van der Waals surface area contributed by atoms with Gasteiger partial charge in [0.2, 0.25) is 0 Å². The summed E-state index contributed by atoms with van der Waals surface area (Å²) in [6.45, 7) is 14.6. The molecule has 4 fully saturated rings. The molecule has 0 amide bonds. The van der Waals surface area contributed by atoms with Crippen molar-refractivity contribution in [1.82, 2.24) is 0 Å². The van der Waals surface area contributed by atoms with Crippen molar-refractivity contribution in [3.8, 4) is 0 Å². The highest BCUT2D eigenvalue weighted by molar-refractivity contribution is 5.28. The summed E-state index contributed by atoms with van der Waals surface area (Å²) < 4.78 is 12.0. The van der Waals surface area contributed by atoms with E-state index in [1.807, 2.05) is 0 Å². The maximum Gasteiger partial charge on any atom is 0.186 e. The van der Waals surface area contributed by atoms with Gasteiger partial charge in [-0.1, -0.05) is 59.8 Å². The molecule has 13 atom stereocenters. The van der Waals surface area contributed by atoms with E-state index in [9.17, 15) is 15.3 Å². The normalized spacial score (nSPS) is 47.8. The maximum atomic E-state index is 10.5. The van der Waals surface area contributed by atoms with Crippen molar-refractivity contribution in [3.05, 3.63) is 23.8 Å². The molecule has 39 heavy (non-hydrogen) atoms. The van der Waals surface area contributed by atoms with E-state index in [1.165, 1.54) is 44.1 Å². The first-order valence-corrected chi connectivity index (χ1v) is 16.2. The molecule has 1 saturated heterocycles. The van der Waals surface area contributed by atoms with Crippen LogP contribution in [0.3, 0.4) is 0 Å². The van der Waals surface area contributed by atoms with Crippen molar-refractivity contribution >= 4 is 0 Å². The average Bonchev–Trinajstić information content (AvgIpc) is 3.26. The fraction of sp³-hybridized carbons (Fsp3) is 0.882. The minimum absolute atomic E-state index is 0.0117. The largest absolute Gasteiger partial charge is 0.388 e. The summed E-state index contributed by atoms with van der Waals surface area (Å²) in [5, 5.41) is 30.5. The van der Waals surface area contributed by atoms with E-state index in [0.29, 0.717) is 29.1 Å². The highest BCUT2D eigenvalue weighted by atomic mass is 16.7. The third kappa shape index (κ3) is 5.22. The molecule has 4 aliphatic carbocycles. The molecule has 5 aliphatic rings. The number of ether oxygens (including phenoxy) is 2. The molecule has 0 aromatic heterocycles. The Balaban J connectivity index is 1.31. The van der Waals surface area contributed by atoms with E-state index in [4.69, 9.17) is 9.47 Å². The van der Waals surface area contributed by atoms with Crippen LogP contribution in [0.4, 0.5) is 0 Å². The Morgan fingerprint density at radius 2 is 1.77 bits per heavy atom. The Morgan fingerprint density at radius 1 is 1.00 bits per heavy atom. The number of hydrogen-bond donors (Lipinski definition) is 3. The zero-order chi connectivity index (χ0) is 28.1. The van der Waals surface area contributed by atoms with Gasteiger partial charge >= 0.3 is 0 Å². The summed E-state index contributed by atoms with van der Waals surface area (Å²) in [5.41, 5.74) is 1.95. The quantitative estimate of drug-likeness (QED) is 0.330. The Hall–Kier alpha value is -0.720. The van der Waals surface area contributed by atoms with Gasteiger partial charge in [0.25, 0.3) is 0 Å². The van der Waals surface area contributed by atoms with Gasteiger partial charge in [0, 0.05) is 0 Å². The van der Waals surface area contributed by atoms with Gasteiger partial charge in [0.1, 0.15) is 18.3 Å². The lowest BCUT2D eigenvalue weighted by Gasteiger charge is -2.59. The second kappa shape index (κ2) is 11.5. The van der Waals surface area contributed by atoms with Gasteiger partial charge in [-0.15, -0.1) is 0 Å². The number of fused-ring (bicyclic) bond motifs is 5. The number of aliphatic hydroxyl groups is 3. The Labute approximate surface area is 237 Å². The summed E-state index contributed by atoms with van der Waals surface area (Å²) in [7, 11) is 0. The van der Waals surface area contributed by atoms with Crippen molar-refractivity contribution in [2.75, 3.05) is 6.61 Å². The molecule has 0 aromatic carbocycles. The Kier molecular flexibility index (Phi) is 8.79. The van der Waals surface area contributed by atoms with Crippen LogP contribution in [0, 0.1) is 52.3 Å². The molecule has 3 N–H and O–H groups in total. The second-order valence-electron chi connectivity index (χ2n) is 14.7. The SMILES string of the molecule is CCC(C=CC(C)C1CCC2C3CC=C4C(OC5OCC(O)C(O)C5O)CCCC4(C)C3CCC12C)C(C)C. The van der Waals surface area contributed by atoms with Crippen molar-refractivity contribution in [1.29, 1.82) is 0 Å². The Bertz CT molecular complexity index is 913. The smallest absolute Gasteiger partial charge is 0.186 e. The van der Waals surface area contributed by atoms with Crippen LogP contribution in [-0.2, 0) is 9.47 Å². The van der Waals surface area contributed by atoms with Crippen LogP contribution in [0.2, 0.25) is 0 Å². The van der Waals surface area contributed by atoms with E-state index in [-0.39, 0.29) is 18.1 Å². The zero-order valence-corrected chi connectivity index (χ0v) is 25.4. The molecule has 0 bridgehead atoms. The van der Waals surface area contributed by atoms with E-state index in [1.54, 1.807) is 0 Å². The molecular weight excluding hydrogens is 488 g/mol. The number of aliphatic hydroxyl groups excluding tert-OH is 3. The molecular formula is C34H56O5. The summed E-state index contributed by atoms with van der Waals surface area (Å²) >= 11 is 0. The van der Waals surface area contributed by atoms with Gasteiger partial charge in [-0.25, -0.2) is 0 Å².